The third-order valence-electron chi connectivity index (χ3n) is 5.86. The van der Waals surface area contributed by atoms with E-state index in [0.29, 0.717) is 12.0 Å². The molecular weight excluding hydrogens is 328 g/mol. The first kappa shape index (κ1) is 18.9. The van der Waals surface area contributed by atoms with Crippen LogP contribution in [0.5, 0.6) is 0 Å². The summed E-state index contributed by atoms with van der Waals surface area (Å²) in [6, 6.07) is 0.251. The van der Waals surface area contributed by atoms with Crippen molar-refractivity contribution in [2.75, 3.05) is 26.2 Å². The number of rotatable bonds is 5. The van der Waals surface area contributed by atoms with E-state index >= 15 is 0 Å². The van der Waals surface area contributed by atoms with Gasteiger partial charge in [-0.25, -0.2) is 0 Å². The smallest absolute Gasteiger partial charge is 0.257 e. The Hall–Kier alpha value is -1.85. The van der Waals surface area contributed by atoms with Crippen molar-refractivity contribution in [1.82, 2.24) is 19.6 Å². The molecule has 6 heteroatoms. The SMILES string of the molecule is CCCCN1C[C@]2(CCCN(C(=O)c3cnn(C(C)C)c3)C2)CCC1=O. The fourth-order valence-corrected chi connectivity index (χ4v) is 4.28. The molecule has 3 rings (SSSR count). The molecule has 0 aliphatic carbocycles. The Labute approximate surface area is 156 Å². The van der Waals surface area contributed by atoms with Crippen molar-refractivity contribution < 1.29 is 9.59 Å². The number of carbonyl (C=O) groups excluding carboxylic acids is 2. The zero-order valence-corrected chi connectivity index (χ0v) is 16.4. The summed E-state index contributed by atoms with van der Waals surface area (Å²) in [6.07, 6.45) is 9.34. The minimum Gasteiger partial charge on any atom is -0.342 e. The van der Waals surface area contributed by atoms with Crippen LogP contribution in [0.3, 0.4) is 0 Å². The van der Waals surface area contributed by atoms with Crippen LogP contribution in [-0.4, -0.2) is 57.6 Å². The number of unbranched alkanes of at least 4 members (excludes halogenated alkanes) is 1. The topological polar surface area (TPSA) is 58.4 Å². The summed E-state index contributed by atoms with van der Waals surface area (Å²) in [4.78, 5) is 29.3. The van der Waals surface area contributed by atoms with E-state index < -0.39 is 0 Å². The van der Waals surface area contributed by atoms with E-state index in [1.54, 1.807) is 6.20 Å². The predicted octanol–water partition coefficient (Wildman–Crippen LogP) is 3.11. The minimum atomic E-state index is 0.0730. The molecule has 26 heavy (non-hydrogen) atoms. The normalized spacial score (nSPS) is 23.9. The molecule has 2 amide bonds. The number of piperidine rings is 2. The minimum absolute atomic E-state index is 0.0730. The zero-order chi connectivity index (χ0) is 18.7. The summed E-state index contributed by atoms with van der Waals surface area (Å²) in [5.41, 5.74) is 0.745. The molecule has 2 aliphatic rings. The second-order valence-electron chi connectivity index (χ2n) is 8.30. The maximum Gasteiger partial charge on any atom is 0.257 e. The maximum absolute atomic E-state index is 13.0. The van der Waals surface area contributed by atoms with Crippen LogP contribution in [0.15, 0.2) is 12.4 Å². The lowest BCUT2D eigenvalue weighted by molar-refractivity contribution is -0.139. The van der Waals surface area contributed by atoms with Gasteiger partial charge in [0.15, 0.2) is 0 Å². The van der Waals surface area contributed by atoms with Crippen molar-refractivity contribution in [2.45, 2.75) is 65.3 Å². The fraction of sp³-hybridized carbons (Fsp3) is 0.750. The summed E-state index contributed by atoms with van der Waals surface area (Å²) in [5, 5.41) is 4.31. The number of hydrogen-bond acceptors (Lipinski definition) is 3. The lowest BCUT2D eigenvalue weighted by Gasteiger charge is -2.48. The van der Waals surface area contributed by atoms with E-state index in [1.165, 1.54) is 0 Å². The summed E-state index contributed by atoms with van der Waals surface area (Å²) in [7, 11) is 0. The number of hydrogen-bond donors (Lipinski definition) is 0. The molecule has 6 nitrogen and oxygen atoms in total. The molecule has 3 heterocycles. The van der Waals surface area contributed by atoms with Gasteiger partial charge in [-0.05, 0) is 39.5 Å². The molecule has 0 saturated carbocycles. The maximum atomic E-state index is 13.0. The van der Waals surface area contributed by atoms with Crippen LogP contribution in [-0.2, 0) is 4.79 Å². The first-order valence-electron chi connectivity index (χ1n) is 10.1. The largest absolute Gasteiger partial charge is 0.342 e. The highest BCUT2D eigenvalue weighted by Gasteiger charge is 2.42. The number of aromatic nitrogens is 2. The Balaban J connectivity index is 1.69. The summed E-state index contributed by atoms with van der Waals surface area (Å²) >= 11 is 0. The molecule has 0 N–H and O–H groups in total. The van der Waals surface area contributed by atoms with Gasteiger partial charge in [0, 0.05) is 50.3 Å². The Morgan fingerprint density at radius 1 is 1.31 bits per heavy atom. The van der Waals surface area contributed by atoms with Gasteiger partial charge in [0.25, 0.3) is 5.91 Å². The molecule has 2 aliphatic heterocycles. The highest BCUT2D eigenvalue weighted by Crippen LogP contribution is 2.39. The molecule has 0 aromatic carbocycles. The average Bonchev–Trinajstić information content (AvgIpc) is 3.13. The van der Waals surface area contributed by atoms with Crippen molar-refractivity contribution in [1.29, 1.82) is 0 Å². The number of carbonyl (C=O) groups is 2. The number of nitrogens with zero attached hydrogens (tertiary/aromatic N) is 4. The van der Waals surface area contributed by atoms with E-state index in [2.05, 4.69) is 25.9 Å². The Bertz CT molecular complexity index is 654. The van der Waals surface area contributed by atoms with Crippen LogP contribution >= 0.6 is 0 Å². The van der Waals surface area contributed by atoms with Crippen LogP contribution in [0.25, 0.3) is 0 Å². The molecule has 0 unspecified atom stereocenters. The van der Waals surface area contributed by atoms with Crippen LogP contribution in [0, 0.1) is 5.41 Å². The van der Waals surface area contributed by atoms with E-state index in [-0.39, 0.29) is 23.3 Å². The van der Waals surface area contributed by atoms with Gasteiger partial charge in [-0.3, -0.25) is 14.3 Å². The van der Waals surface area contributed by atoms with E-state index in [4.69, 9.17) is 0 Å². The van der Waals surface area contributed by atoms with Crippen LogP contribution in [0.2, 0.25) is 0 Å². The molecule has 1 atom stereocenters. The summed E-state index contributed by atoms with van der Waals surface area (Å²) in [5.74, 6) is 0.360. The summed E-state index contributed by atoms with van der Waals surface area (Å²) < 4.78 is 1.83. The Kier molecular flexibility index (Phi) is 5.68. The number of likely N-dealkylation sites (tertiary alicyclic amines) is 2. The lowest BCUT2D eigenvalue weighted by atomic mass is 9.73. The molecule has 2 fully saturated rings. The van der Waals surface area contributed by atoms with Crippen LogP contribution in [0.1, 0.15) is 75.7 Å². The van der Waals surface area contributed by atoms with Gasteiger partial charge in [0.05, 0.1) is 11.8 Å². The number of amides is 2. The Morgan fingerprint density at radius 3 is 2.81 bits per heavy atom. The zero-order valence-electron chi connectivity index (χ0n) is 16.4. The highest BCUT2D eigenvalue weighted by atomic mass is 16.2. The molecule has 1 aromatic rings. The standard InChI is InChI=1S/C20H32N4O2/c1-4-5-10-22-14-20(9-7-18(22)25)8-6-11-23(15-20)19(26)17-12-21-24(13-17)16(2)3/h12-13,16H,4-11,14-15H2,1-3H3/t20-/m0/s1. The van der Waals surface area contributed by atoms with Gasteiger partial charge in [-0.1, -0.05) is 13.3 Å². The van der Waals surface area contributed by atoms with Gasteiger partial charge in [-0.15, -0.1) is 0 Å². The Morgan fingerprint density at radius 2 is 2.12 bits per heavy atom. The highest BCUT2D eigenvalue weighted by molar-refractivity contribution is 5.93. The molecule has 0 radical (unpaired) electrons. The van der Waals surface area contributed by atoms with Crippen LogP contribution < -0.4 is 0 Å². The van der Waals surface area contributed by atoms with Gasteiger partial charge in [0.2, 0.25) is 5.91 Å². The van der Waals surface area contributed by atoms with E-state index in [1.807, 2.05) is 20.7 Å². The van der Waals surface area contributed by atoms with Crippen molar-refractivity contribution in [3.63, 3.8) is 0 Å². The molecule has 144 valence electrons. The third kappa shape index (κ3) is 3.94. The molecule has 1 spiro atoms. The van der Waals surface area contributed by atoms with Crippen molar-refractivity contribution in [3.8, 4) is 0 Å². The summed E-state index contributed by atoms with van der Waals surface area (Å²) in [6.45, 7) is 9.49. The lowest BCUT2D eigenvalue weighted by Crippen LogP contribution is -2.55. The second kappa shape index (κ2) is 7.80. The molecule has 0 bridgehead atoms. The van der Waals surface area contributed by atoms with Crippen molar-refractivity contribution in [2.24, 2.45) is 5.41 Å². The molecular formula is C20H32N4O2. The van der Waals surface area contributed by atoms with Crippen LogP contribution in [0.4, 0.5) is 0 Å². The average molecular weight is 361 g/mol. The third-order valence-corrected chi connectivity index (χ3v) is 5.86. The van der Waals surface area contributed by atoms with Gasteiger partial charge in [-0.2, -0.15) is 5.10 Å². The molecule has 1 aromatic heterocycles. The van der Waals surface area contributed by atoms with Gasteiger partial charge >= 0.3 is 0 Å². The predicted molar refractivity (Wildman–Crippen MR) is 101 cm³/mol. The fourth-order valence-electron chi connectivity index (χ4n) is 4.28. The van der Waals surface area contributed by atoms with Gasteiger partial charge in [0.1, 0.15) is 0 Å². The van der Waals surface area contributed by atoms with Crippen molar-refractivity contribution in [3.05, 3.63) is 18.0 Å². The first-order valence-corrected chi connectivity index (χ1v) is 10.1. The molecule has 2 saturated heterocycles. The monoisotopic (exact) mass is 360 g/mol. The van der Waals surface area contributed by atoms with E-state index in [0.717, 1.165) is 58.3 Å². The second-order valence-corrected chi connectivity index (χ2v) is 8.30. The quantitative estimate of drug-likeness (QED) is 0.811. The van der Waals surface area contributed by atoms with Crippen molar-refractivity contribution >= 4 is 11.8 Å². The first-order chi connectivity index (χ1) is 12.4. The van der Waals surface area contributed by atoms with E-state index in [9.17, 15) is 9.59 Å². The van der Waals surface area contributed by atoms with Gasteiger partial charge < -0.3 is 9.80 Å².